The van der Waals surface area contributed by atoms with Gasteiger partial charge in [0.15, 0.2) is 5.69 Å². The van der Waals surface area contributed by atoms with Crippen LogP contribution in [0.15, 0.2) is 66.7 Å². The molecule has 2 fully saturated rings. The van der Waals surface area contributed by atoms with Crippen LogP contribution in [0.1, 0.15) is 45.7 Å². The van der Waals surface area contributed by atoms with Crippen molar-refractivity contribution in [3.63, 3.8) is 0 Å². The maximum Gasteiger partial charge on any atom is 0.269 e. The third-order valence-corrected chi connectivity index (χ3v) is 8.48. The largest absolute Gasteiger partial charge is 0.364 e. The number of benzene rings is 3. The molecule has 2 heterocycles. The van der Waals surface area contributed by atoms with Crippen molar-refractivity contribution >= 4 is 51.8 Å². The fourth-order valence-electron chi connectivity index (χ4n) is 6.21. The number of aromatic nitrogens is 2. The number of piperidine rings is 1. The van der Waals surface area contributed by atoms with E-state index in [1.807, 2.05) is 6.07 Å². The fraction of sp³-hybridized carbons (Fsp3) is 0.258. The molecule has 3 aromatic carbocycles. The fourth-order valence-corrected chi connectivity index (χ4v) is 6.41. The minimum absolute atomic E-state index is 0.00970. The lowest BCUT2D eigenvalue weighted by molar-refractivity contribution is -0.143. The van der Waals surface area contributed by atoms with Crippen molar-refractivity contribution in [3.05, 3.63) is 94.4 Å². The SMILES string of the molecule is NC(=O)c1nn(CC(=O)N2[C@@H]3CC[C@@H](C3)[C@H]2C(=O)NCc2cccc(Cl)c2F)c2cc(NC(=O)c3ccccc3)ccc12. The van der Waals surface area contributed by atoms with E-state index in [1.165, 1.54) is 10.7 Å². The van der Waals surface area contributed by atoms with Crippen LogP contribution in [0.5, 0.6) is 0 Å². The predicted molar refractivity (Wildman–Crippen MR) is 158 cm³/mol. The summed E-state index contributed by atoms with van der Waals surface area (Å²) >= 11 is 5.88. The van der Waals surface area contributed by atoms with E-state index in [0.29, 0.717) is 28.6 Å². The van der Waals surface area contributed by atoms with Gasteiger partial charge in [-0.15, -0.1) is 0 Å². The van der Waals surface area contributed by atoms with Gasteiger partial charge in [0.25, 0.3) is 11.8 Å². The smallest absolute Gasteiger partial charge is 0.269 e. The van der Waals surface area contributed by atoms with Crippen LogP contribution in [0.3, 0.4) is 0 Å². The molecule has 4 amide bonds. The average molecular weight is 603 g/mol. The van der Waals surface area contributed by atoms with Crippen LogP contribution >= 0.6 is 11.6 Å². The van der Waals surface area contributed by atoms with E-state index in [4.69, 9.17) is 17.3 Å². The molecule has 4 aromatic rings. The molecule has 43 heavy (non-hydrogen) atoms. The maximum absolute atomic E-state index is 14.4. The Kier molecular flexibility index (Phi) is 7.57. The molecule has 1 aliphatic heterocycles. The van der Waals surface area contributed by atoms with E-state index in [0.717, 1.165) is 12.8 Å². The van der Waals surface area contributed by atoms with Gasteiger partial charge in [0, 0.05) is 34.8 Å². The Morgan fingerprint density at radius 3 is 2.58 bits per heavy atom. The summed E-state index contributed by atoms with van der Waals surface area (Å²) in [6.07, 6.45) is 2.27. The van der Waals surface area contributed by atoms with E-state index in [2.05, 4.69) is 15.7 Å². The number of rotatable bonds is 8. The lowest BCUT2D eigenvalue weighted by Crippen LogP contribution is -2.53. The van der Waals surface area contributed by atoms with Gasteiger partial charge in [0.05, 0.1) is 10.5 Å². The Morgan fingerprint density at radius 2 is 1.81 bits per heavy atom. The van der Waals surface area contributed by atoms with Crippen LogP contribution < -0.4 is 16.4 Å². The van der Waals surface area contributed by atoms with Gasteiger partial charge in [0.1, 0.15) is 18.4 Å². The number of anilines is 1. The second-order valence-corrected chi connectivity index (χ2v) is 11.2. The zero-order valence-corrected chi connectivity index (χ0v) is 23.7. The lowest BCUT2D eigenvalue weighted by Gasteiger charge is -2.34. The molecule has 2 bridgehead atoms. The number of nitrogens with one attached hydrogen (secondary N) is 2. The van der Waals surface area contributed by atoms with Crippen molar-refractivity contribution in [2.24, 2.45) is 11.7 Å². The van der Waals surface area contributed by atoms with Gasteiger partial charge in [-0.1, -0.05) is 41.9 Å². The molecule has 3 atom stereocenters. The monoisotopic (exact) mass is 602 g/mol. The molecule has 0 radical (unpaired) electrons. The molecule has 0 unspecified atom stereocenters. The summed E-state index contributed by atoms with van der Waals surface area (Å²) in [7, 11) is 0. The standard InChI is InChI=1S/C31H28ClFN6O4/c32-23-8-4-7-19(26(23)33)15-35-31(43)28-18-9-11-21(13-18)39(28)25(40)16-38-24-14-20(10-12-22(24)27(37-38)29(34)41)36-30(42)17-5-2-1-3-6-17/h1-8,10,12,14,18,21,28H,9,11,13,15-16H2,(H2,34,41)(H,35,43)(H,36,42)/t18-,21+,28-/m0/s1. The molecule has 0 spiro atoms. The minimum Gasteiger partial charge on any atom is -0.364 e. The molecule has 1 saturated carbocycles. The van der Waals surface area contributed by atoms with E-state index in [-0.39, 0.29) is 59.1 Å². The number of nitrogens with two attached hydrogens (primary N) is 1. The number of amides is 4. The summed E-state index contributed by atoms with van der Waals surface area (Å²) in [5, 5.41) is 10.3. The third kappa shape index (κ3) is 5.43. The molecule has 10 nitrogen and oxygen atoms in total. The number of hydrogen-bond donors (Lipinski definition) is 3. The first kappa shape index (κ1) is 28.4. The van der Waals surface area contributed by atoms with Gasteiger partial charge in [-0.3, -0.25) is 23.9 Å². The predicted octanol–water partition coefficient (Wildman–Crippen LogP) is 3.88. The van der Waals surface area contributed by atoms with Crippen molar-refractivity contribution in [1.29, 1.82) is 0 Å². The average Bonchev–Trinajstić information content (AvgIpc) is 3.72. The highest BCUT2D eigenvalue weighted by atomic mass is 35.5. The lowest BCUT2D eigenvalue weighted by atomic mass is 9.97. The van der Waals surface area contributed by atoms with Crippen LogP contribution in [0.4, 0.5) is 10.1 Å². The summed E-state index contributed by atoms with van der Waals surface area (Å²) in [5.74, 6) is -2.41. The van der Waals surface area contributed by atoms with Crippen LogP contribution in [-0.2, 0) is 22.7 Å². The molecule has 6 rings (SSSR count). The third-order valence-electron chi connectivity index (χ3n) is 8.19. The van der Waals surface area contributed by atoms with Crippen LogP contribution in [0.2, 0.25) is 5.02 Å². The van der Waals surface area contributed by atoms with Crippen molar-refractivity contribution in [2.75, 3.05) is 5.32 Å². The molecule has 12 heteroatoms. The number of fused-ring (bicyclic) bond motifs is 3. The molecule has 1 aliphatic carbocycles. The van der Waals surface area contributed by atoms with Crippen molar-refractivity contribution in [1.82, 2.24) is 20.0 Å². The van der Waals surface area contributed by atoms with Crippen molar-refractivity contribution in [2.45, 2.75) is 44.4 Å². The number of halogens is 2. The number of hydrogen-bond acceptors (Lipinski definition) is 5. The summed E-state index contributed by atoms with van der Waals surface area (Å²) < 4.78 is 15.8. The normalized spacial score (nSPS) is 19.0. The highest BCUT2D eigenvalue weighted by Gasteiger charge is 2.51. The summed E-state index contributed by atoms with van der Waals surface area (Å²) in [5.41, 5.74) is 7.16. The number of carbonyl (C=O) groups excluding carboxylic acids is 4. The highest BCUT2D eigenvalue weighted by Crippen LogP contribution is 2.43. The summed E-state index contributed by atoms with van der Waals surface area (Å²) in [6.45, 7) is -0.319. The van der Waals surface area contributed by atoms with E-state index in [1.54, 1.807) is 59.5 Å². The number of nitrogens with zero attached hydrogens (tertiary/aromatic N) is 3. The first-order chi connectivity index (χ1) is 20.7. The Morgan fingerprint density at radius 1 is 1.02 bits per heavy atom. The molecule has 1 saturated heterocycles. The summed E-state index contributed by atoms with van der Waals surface area (Å²) in [6, 6.07) is 17.3. The first-order valence-electron chi connectivity index (χ1n) is 13.9. The first-order valence-corrected chi connectivity index (χ1v) is 14.3. The Labute approximate surface area is 251 Å². The second-order valence-electron chi connectivity index (χ2n) is 10.8. The van der Waals surface area contributed by atoms with Gasteiger partial charge in [-0.25, -0.2) is 4.39 Å². The molecular formula is C31H28ClFN6O4. The minimum atomic E-state index is -0.761. The van der Waals surface area contributed by atoms with E-state index < -0.39 is 17.8 Å². The Bertz CT molecular complexity index is 1760. The van der Waals surface area contributed by atoms with Crippen molar-refractivity contribution < 1.29 is 23.6 Å². The molecule has 4 N–H and O–H groups in total. The van der Waals surface area contributed by atoms with Gasteiger partial charge in [0.2, 0.25) is 11.8 Å². The quantitative estimate of drug-likeness (QED) is 0.281. The van der Waals surface area contributed by atoms with Gasteiger partial charge in [-0.05, 0) is 61.6 Å². The van der Waals surface area contributed by atoms with Gasteiger partial charge in [-0.2, -0.15) is 5.10 Å². The number of carbonyl (C=O) groups is 4. The van der Waals surface area contributed by atoms with E-state index >= 15 is 0 Å². The second kappa shape index (κ2) is 11.5. The Hall–Kier alpha value is -4.77. The molecule has 1 aromatic heterocycles. The molecular weight excluding hydrogens is 575 g/mol. The summed E-state index contributed by atoms with van der Waals surface area (Å²) in [4.78, 5) is 53.6. The zero-order chi connectivity index (χ0) is 30.2. The highest BCUT2D eigenvalue weighted by molar-refractivity contribution is 6.30. The van der Waals surface area contributed by atoms with Gasteiger partial charge < -0.3 is 21.3 Å². The number of primary amides is 1. The number of likely N-dealkylation sites (tertiary alicyclic amines) is 1. The molecule has 220 valence electrons. The van der Waals surface area contributed by atoms with Gasteiger partial charge >= 0.3 is 0 Å². The zero-order valence-electron chi connectivity index (χ0n) is 22.9. The van der Waals surface area contributed by atoms with Crippen LogP contribution in [0, 0.1) is 11.7 Å². The maximum atomic E-state index is 14.4. The Balaban J connectivity index is 1.24. The van der Waals surface area contributed by atoms with E-state index in [9.17, 15) is 23.6 Å². The van der Waals surface area contributed by atoms with Crippen LogP contribution in [0.25, 0.3) is 10.9 Å². The van der Waals surface area contributed by atoms with Crippen molar-refractivity contribution in [3.8, 4) is 0 Å². The van der Waals surface area contributed by atoms with Crippen LogP contribution in [-0.4, -0.2) is 50.4 Å². The topological polar surface area (TPSA) is 139 Å². The molecule has 2 aliphatic rings.